The maximum atomic E-state index is 13.7. The van der Waals surface area contributed by atoms with Crippen molar-refractivity contribution < 1.29 is 24.2 Å². The normalized spacial score (nSPS) is 13.6. The van der Waals surface area contributed by atoms with E-state index in [1.165, 1.54) is 17.0 Å². The lowest BCUT2D eigenvalue weighted by Gasteiger charge is -2.44. The molecule has 0 aromatic heterocycles. The molecule has 0 bridgehead atoms. The third-order valence-corrected chi connectivity index (χ3v) is 5.38. The first-order valence-electron chi connectivity index (χ1n) is 11.6. The van der Waals surface area contributed by atoms with Gasteiger partial charge in [-0.25, -0.2) is 4.79 Å². The third kappa shape index (κ3) is 8.59. The Labute approximate surface area is 198 Å². The summed E-state index contributed by atoms with van der Waals surface area (Å²) in [6, 6.07) is 4.43. The van der Waals surface area contributed by atoms with Gasteiger partial charge in [-0.15, -0.1) is 0 Å². The fourth-order valence-corrected chi connectivity index (χ4v) is 3.30. The number of nitrogens with one attached hydrogen (secondary N) is 2. The molecule has 0 aliphatic carbocycles. The predicted molar refractivity (Wildman–Crippen MR) is 129 cm³/mol. The van der Waals surface area contributed by atoms with Crippen LogP contribution in [0.15, 0.2) is 24.3 Å². The largest absolute Gasteiger partial charge is 0.508 e. The van der Waals surface area contributed by atoms with Crippen molar-refractivity contribution >= 4 is 17.9 Å². The number of unbranched alkanes of at least 4 members (excludes halogenated alkanes) is 1. The number of benzene rings is 1. The van der Waals surface area contributed by atoms with Gasteiger partial charge in [-0.3, -0.25) is 9.59 Å². The van der Waals surface area contributed by atoms with Crippen molar-refractivity contribution in [2.24, 2.45) is 0 Å². The standard InChI is InChI=1S/C25H41N3O5/c1-9-11-15-26-21(30)20(18-13-12-14-19(29)16-18)28(25(7,8)10-2)22(31)17(3)27-23(32)33-24(4,5)6/h12-14,16-17,20,29H,9-11,15H2,1-8H3,(H,26,30)(H,27,32). The Bertz CT molecular complexity index is 817. The minimum atomic E-state index is -0.987. The fourth-order valence-electron chi connectivity index (χ4n) is 3.30. The Morgan fingerprint density at radius 3 is 2.27 bits per heavy atom. The Morgan fingerprint density at radius 2 is 1.76 bits per heavy atom. The van der Waals surface area contributed by atoms with Gasteiger partial charge in [0.05, 0.1) is 0 Å². The molecule has 1 rings (SSSR count). The zero-order valence-corrected chi connectivity index (χ0v) is 21.3. The van der Waals surface area contributed by atoms with Crippen LogP contribution in [-0.4, -0.2) is 51.6 Å². The highest BCUT2D eigenvalue weighted by Gasteiger charge is 2.42. The number of carbonyl (C=O) groups is 3. The van der Waals surface area contributed by atoms with Crippen LogP contribution in [0.2, 0.25) is 0 Å². The Morgan fingerprint density at radius 1 is 1.12 bits per heavy atom. The van der Waals surface area contributed by atoms with Crippen molar-refractivity contribution in [2.45, 2.75) is 97.9 Å². The first kappa shape index (κ1) is 28.3. The fraction of sp³-hybridized carbons (Fsp3) is 0.640. The van der Waals surface area contributed by atoms with Crippen molar-refractivity contribution in [3.05, 3.63) is 29.8 Å². The van der Waals surface area contributed by atoms with Crippen LogP contribution in [0.5, 0.6) is 5.75 Å². The highest BCUT2D eigenvalue weighted by Crippen LogP contribution is 2.33. The highest BCUT2D eigenvalue weighted by atomic mass is 16.6. The minimum absolute atomic E-state index is 0.000454. The van der Waals surface area contributed by atoms with Crippen molar-refractivity contribution in [1.82, 2.24) is 15.5 Å². The molecule has 3 amide bonds. The monoisotopic (exact) mass is 463 g/mol. The molecule has 0 aliphatic rings. The predicted octanol–water partition coefficient (Wildman–Crippen LogP) is 4.28. The first-order valence-corrected chi connectivity index (χ1v) is 11.6. The van der Waals surface area contributed by atoms with Gasteiger partial charge >= 0.3 is 6.09 Å². The van der Waals surface area contributed by atoms with Crippen molar-refractivity contribution in [3.63, 3.8) is 0 Å². The van der Waals surface area contributed by atoms with Crippen LogP contribution in [0.4, 0.5) is 4.79 Å². The van der Waals surface area contributed by atoms with Crippen LogP contribution in [0.25, 0.3) is 0 Å². The van der Waals surface area contributed by atoms with E-state index < -0.39 is 35.2 Å². The van der Waals surface area contributed by atoms with E-state index in [-0.39, 0.29) is 11.7 Å². The number of ether oxygens (including phenoxy) is 1. The zero-order valence-electron chi connectivity index (χ0n) is 21.3. The highest BCUT2D eigenvalue weighted by molar-refractivity contribution is 5.92. The van der Waals surface area contributed by atoms with Gasteiger partial charge in [0.25, 0.3) is 0 Å². The number of carbonyl (C=O) groups excluding carboxylic acids is 3. The number of rotatable bonds is 10. The summed E-state index contributed by atoms with van der Waals surface area (Å²) in [5, 5.41) is 15.6. The molecule has 0 saturated carbocycles. The number of alkyl carbamates (subject to hydrolysis) is 1. The minimum Gasteiger partial charge on any atom is -0.508 e. The Hall–Kier alpha value is -2.77. The van der Waals surface area contributed by atoms with Gasteiger partial charge in [-0.05, 0) is 72.1 Å². The van der Waals surface area contributed by atoms with Crippen LogP contribution in [0.1, 0.15) is 86.3 Å². The summed E-state index contributed by atoms with van der Waals surface area (Å²) in [4.78, 5) is 40.9. The molecule has 1 aromatic carbocycles. The quantitative estimate of drug-likeness (QED) is 0.449. The van der Waals surface area contributed by atoms with Crippen LogP contribution < -0.4 is 10.6 Å². The van der Waals surface area contributed by atoms with E-state index in [0.717, 1.165) is 12.8 Å². The van der Waals surface area contributed by atoms with E-state index in [4.69, 9.17) is 4.74 Å². The molecule has 1 aromatic rings. The zero-order chi connectivity index (χ0) is 25.4. The van der Waals surface area contributed by atoms with E-state index >= 15 is 0 Å². The molecule has 0 fully saturated rings. The summed E-state index contributed by atoms with van der Waals surface area (Å²) in [6.07, 6.45) is 1.58. The first-order chi connectivity index (χ1) is 15.2. The number of phenols is 1. The molecule has 2 unspecified atom stereocenters. The van der Waals surface area contributed by atoms with Gasteiger partial charge in [0.1, 0.15) is 23.4 Å². The van der Waals surface area contributed by atoms with Crippen molar-refractivity contribution in [3.8, 4) is 5.75 Å². The lowest BCUT2D eigenvalue weighted by molar-refractivity contribution is -0.149. The topological polar surface area (TPSA) is 108 Å². The Balaban J connectivity index is 3.40. The number of hydrogen-bond acceptors (Lipinski definition) is 5. The maximum Gasteiger partial charge on any atom is 0.408 e. The molecule has 0 heterocycles. The van der Waals surface area contributed by atoms with Crippen LogP contribution in [0, 0.1) is 0 Å². The summed E-state index contributed by atoms with van der Waals surface area (Å²) < 4.78 is 5.29. The molecule has 8 nitrogen and oxygen atoms in total. The van der Waals surface area contributed by atoms with Gasteiger partial charge in [0.2, 0.25) is 11.8 Å². The maximum absolute atomic E-state index is 13.7. The second kappa shape index (κ2) is 11.9. The molecule has 0 radical (unpaired) electrons. The molecule has 2 atom stereocenters. The number of amides is 3. The molecule has 0 aliphatic heterocycles. The lowest BCUT2D eigenvalue weighted by Crippen LogP contribution is -2.58. The van der Waals surface area contributed by atoms with Gasteiger partial charge in [-0.1, -0.05) is 32.4 Å². The molecule has 3 N–H and O–H groups in total. The number of nitrogens with zero attached hydrogens (tertiary/aromatic N) is 1. The van der Waals surface area contributed by atoms with E-state index in [1.54, 1.807) is 39.8 Å². The lowest BCUT2D eigenvalue weighted by atomic mass is 9.92. The van der Waals surface area contributed by atoms with E-state index in [9.17, 15) is 19.5 Å². The van der Waals surface area contributed by atoms with E-state index in [1.807, 2.05) is 27.7 Å². The van der Waals surface area contributed by atoms with Gasteiger partial charge in [-0.2, -0.15) is 0 Å². The van der Waals surface area contributed by atoms with E-state index in [0.29, 0.717) is 18.5 Å². The summed E-state index contributed by atoms with van der Waals surface area (Å²) in [5.74, 6) is -0.763. The van der Waals surface area contributed by atoms with Gasteiger partial charge in [0, 0.05) is 12.1 Å². The summed E-state index contributed by atoms with van der Waals surface area (Å²) in [7, 11) is 0. The van der Waals surface area contributed by atoms with Crippen LogP contribution in [0.3, 0.4) is 0 Å². The number of phenolic OH excluding ortho intramolecular Hbond substituents is 1. The summed E-state index contributed by atoms with van der Waals surface area (Å²) in [6.45, 7) is 15.0. The third-order valence-electron chi connectivity index (χ3n) is 5.38. The molecule has 8 heteroatoms. The van der Waals surface area contributed by atoms with Crippen LogP contribution in [-0.2, 0) is 14.3 Å². The summed E-state index contributed by atoms with van der Waals surface area (Å²) >= 11 is 0. The molecular formula is C25H41N3O5. The second-order valence-corrected chi connectivity index (χ2v) is 9.88. The molecular weight excluding hydrogens is 422 g/mol. The molecule has 33 heavy (non-hydrogen) atoms. The number of aromatic hydroxyl groups is 1. The van der Waals surface area contributed by atoms with Gasteiger partial charge < -0.3 is 25.4 Å². The Kier molecular flexibility index (Phi) is 10.2. The SMILES string of the molecule is CCCCNC(=O)C(c1cccc(O)c1)N(C(=O)C(C)NC(=O)OC(C)(C)C)C(C)(C)CC. The van der Waals surface area contributed by atoms with Gasteiger partial charge in [0.15, 0.2) is 0 Å². The average molecular weight is 464 g/mol. The van der Waals surface area contributed by atoms with Crippen molar-refractivity contribution in [2.75, 3.05) is 6.54 Å². The summed E-state index contributed by atoms with van der Waals surface area (Å²) in [5.41, 5.74) is -0.944. The second-order valence-electron chi connectivity index (χ2n) is 9.88. The average Bonchev–Trinajstić information content (AvgIpc) is 2.69. The van der Waals surface area contributed by atoms with Crippen molar-refractivity contribution in [1.29, 1.82) is 0 Å². The molecule has 0 saturated heterocycles. The smallest absolute Gasteiger partial charge is 0.408 e. The molecule has 186 valence electrons. The van der Waals surface area contributed by atoms with Crippen LogP contribution >= 0.6 is 0 Å². The van der Waals surface area contributed by atoms with E-state index in [2.05, 4.69) is 10.6 Å². The molecule has 0 spiro atoms. The number of hydrogen-bond donors (Lipinski definition) is 3.